The van der Waals surface area contributed by atoms with Crippen LogP contribution in [0.25, 0.3) is 0 Å². The highest BCUT2D eigenvalue weighted by molar-refractivity contribution is 5.88. The van der Waals surface area contributed by atoms with Crippen molar-refractivity contribution < 1.29 is 19.4 Å². The van der Waals surface area contributed by atoms with Crippen LogP contribution < -0.4 is 20.9 Å². The number of carboxylic acid groups (broad SMARTS) is 1. The molecule has 0 radical (unpaired) electrons. The first kappa shape index (κ1) is 16.2. The van der Waals surface area contributed by atoms with Crippen LogP contribution >= 0.6 is 0 Å². The van der Waals surface area contributed by atoms with Crippen LogP contribution in [0.2, 0.25) is 0 Å². The maximum atomic E-state index is 11.4. The van der Waals surface area contributed by atoms with Gasteiger partial charge in [-0.05, 0) is 36.4 Å². The van der Waals surface area contributed by atoms with Crippen molar-refractivity contribution in [3.05, 3.63) is 72.3 Å². The molecule has 0 heterocycles. The predicted octanol–water partition coefficient (Wildman–Crippen LogP) is 4.13. The summed E-state index contributed by atoms with van der Waals surface area (Å²) in [6.45, 7) is 0. The second kappa shape index (κ2) is 6.84. The normalized spacial score (nSPS) is 10.2. The van der Waals surface area contributed by atoms with E-state index in [1.165, 1.54) is 12.1 Å². The smallest absolute Gasteiger partial charge is 0.335 e. The molecule has 3 rings (SSSR count). The molecule has 0 saturated heterocycles. The summed E-state index contributed by atoms with van der Waals surface area (Å²) in [5.74, 6) is 0.340. The largest absolute Gasteiger partial charge is 0.478 e. The van der Waals surface area contributed by atoms with E-state index in [0.717, 1.165) is 0 Å². The van der Waals surface area contributed by atoms with Crippen LogP contribution in [0.15, 0.2) is 66.7 Å². The highest BCUT2D eigenvalue weighted by Gasteiger charge is 2.12. The molecular formula is C19H16N2O4. The van der Waals surface area contributed by atoms with E-state index in [-0.39, 0.29) is 5.56 Å². The van der Waals surface area contributed by atoms with E-state index in [2.05, 4.69) is 0 Å². The Kier molecular flexibility index (Phi) is 4.43. The van der Waals surface area contributed by atoms with Crippen molar-refractivity contribution in [2.75, 3.05) is 11.5 Å². The lowest BCUT2D eigenvalue weighted by molar-refractivity contribution is 0.0696. The van der Waals surface area contributed by atoms with Crippen molar-refractivity contribution in [3.63, 3.8) is 0 Å². The van der Waals surface area contributed by atoms with Crippen LogP contribution in [0, 0.1) is 0 Å². The quantitative estimate of drug-likeness (QED) is 0.605. The van der Waals surface area contributed by atoms with Crippen molar-refractivity contribution in [1.29, 1.82) is 0 Å². The molecule has 3 aromatic carbocycles. The van der Waals surface area contributed by atoms with Crippen LogP contribution in [0.5, 0.6) is 23.0 Å². The maximum Gasteiger partial charge on any atom is 0.335 e. The van der Waals surface area contributed by atoms with Crippen LogP contribution in [-0.4, -0.2) is 11.1 Å². The van der Waals surface area contributed by atoms with Gasteiger partial charge in [-0.2, -0.15) is 0 Å². The van der Waals surface area contributed by atoms with Gasteiger partial charge in [-0.1, -0.05) is 24.3 Å². The van der Waals surface area contributed by atoms with Gasteiger partial charge >= 0.3 is 5.97 Å². The number of hydrogen-bond donors (Lipinski definition) is 3. The number of rotatable bonds is 5. The fourth-order valence-electron chi connectivity index (χ4n) is 2.21. The molecule has 0 bridgehead atoms. The SMILES string of the molecule is Nc1ccccc1Oc1cc(Oc2ccccc2N)cc(C(=O)O)c1. The Hall–Kier alpha value is -3.67. The zero-order chi connectivity index (χ0) is 17.8. The third-order valence-electron chi connectivity index (χ3n) is 3.42. The fourth-order valence-corrected chi connectivity index (χ4v) is 2.21. The summed E-state index contributed by atoms with van der Waals surface area (Å²) in [5.41, 5.74) is 12.6. The fraction of sp³-hybridized carbons (Fsp3) is 0. The number of carboxylic acids is 1. The Balaban J connectivity index is 1.96. The van der Waals surface area contributed by atoms with Gasteiger partial charge in [0.1, 0.15) is 23.0 Å². The van der Waals surface area contributed by atoms with Crippen LogP contribution in [-0.2, 0) is 0 Å². The van der Waals surface area contributed by atoms with Crippen LogP contribution in [0.1, 0.15) is 10.4 Å². The average Bonchev–Trinajstić information content (AvgIpc) is 2.59. The molecule has 5 N–H and O–H groups in total. The Bertz CT molecular complexity index is 859. The second-order valence-electron chi connectivity index (χ2n) is 5.28. The number of aromatic carboxylic acids is 1. The van der Waals surface area contributed by atoms with Gasteiger partial charge in [0.2, 0.25) is 0 Å². The number of carbonyl (C=O) groups is 1. The molecular weight excluding hydrogens is 320 g/mol. The van der Waals surface area contributed by atoms with E-state index in [1.807, 2.05) is 0 Å². The molecule has 0 aliphatic rings. The summed E-state index contributed by atoms with van der Waals surface area (Å²) in [5, 5.41) is 9.31. The highest BCUT2D eigenvalue weighted by atomic mass is 16.5. The molecule has 0 unspecified atom stereocenters. The van der Waals surface area contributed by atoms with Gasteiger partial charge < -0.3 is 26.0 Å². The third-order valence-corrected chi connectivity index (χ3v) is 3.42. The number of para-hydroxylation sites is 4. The minimum atomic E-state index is -1.10. The number of hydrogen-bond acceptors (Lipinski definition) is 5. The molecule has 6 nitrogen and oxygen atoms in total. The lowest BCUT2D eigenvalue weighted by atomic mass is 10.2. The summed E-state index contributed by atoms with van der Waals surface area (Å²) in [7, 11) is 0. The van der Waals surface area contributed by atoms with Gasteiger partial charge in [-0.25, -0.2) is 4.79 Å². The highest BCUT2D eigenvalue weighted by Crippen LogP contribution is 2.33. The maximum absolute atomic E-state index is 11.4. The first-order valence-electron chi connectivity index (χ1n) is 7.46. The summed E-state index contributed by atoms with van der Waals surface area (Å²) < 4.78 is 11.4. The minimum absolute atomic E-state index is 0.0245. The van der Waals surface area contributed by atoms with Gasteiger partial charge in [-0.15, -0.1) is 0 Å². The number of nitrogens with two attached hydrogens (primary N) is 2. The van der Waals surface area contributed by atoms with E-state index in [0.29, 0.717) is 34.4 Å². The summed E-state index contributed by atoms with van der Waals surface area (Å²) in [6.07, 6.45) is 0. The molecule has 0 fully saturated rings. The summed E-state index contributed by atoms with van der Waals surface area (Å²) in [4.78, 5) is 11.4. The number of anilines is 2. The molecule has 0 saturated carbocycles. The molecule has 0 atom stereocenters. The van der Waals surface area contributed by atoms with Crippen molar-refractivity contribution in [2.24, 2.45) is 0 Å². The van der Waals surface area contributed by atoms with E-state index >= 15 is 0 Å². The summed E-state index contributed by atoms with van der Waals surface area (Å²) >= 11 is 0. The van der Waals surface area contributed by atoms with Crippen molar-refractivity contribution >= 4 is 17.3 Å². The predicted molar refractivity (Wildman–Crippen MR) is 95.3 cm³/mol. The van der Waals surface area contributed by atoms with Crippen molar-refractivity contribution in [2.45, 2.75) is 0 Å². The lowest BCUT2D eigenvalue weighted by Gasteiger charge is -2.12. The molecule has 0 aromatic heterocycles. The number of ether oxygens (including phenoxy) is 2. The molecule has 126 valence electrons. The van der Waals surface area contributed by atoms with E-state index < -0.39 is 5.97 Å². The molecule has 0 aliphatic heterocycles. The first-order chi connectivity index (χ1) is 12.0. The Morgan fingerprint density at radius 1 is 0.760 bits per heavy atom. The van der Waals surface area contributed by atoms with E-state index in [1.54, 1.807) is 54.6 Å². The monoisotopic (exact) mass is 336 g/mol. The zero-order valence-corrected chi connectivity index (χ0v) is 13.2. The molecule has 0 spiro atoms. The summed E-state index contributed by atoms with van der Waals surface area (Å²) in [6, 6.07) is 18.2. The molecule has 6 heteroatoms. The Morgan fingerprint density at radius 3 is 1.60 bits per heavy atom. The first-order valence-corrected chi connectivity index (χ1v) is 7.46. The van der Waals surface area contributed by atoms with Crippen molar-refractivity contribution in [1.82, 2.24) is 0 Å². The molecule has 0 amide bonds. The van der Waals surface area contributed by atoms with Gasteiger partial charge in [0.25, 0.3) is 0 Å². The average molecular weight is 336 g/mol. The number of nitrogen functional groups attached to an aromatic ring is 2. The van der Waals surface area contributed by atoms with Crippen LogP contribution in [0.3, 0.4) is 0 Å². The zero-order valence-electron chi connectivity index (χ0n) is 13.2. The van der Waals surface area contributed by atoms with Gasteiger partial charge in [-0.3, -0.25) is 0 Å². The van der Waals surface area contributed by atoms with Gasteiger partial charge in [0, 0.05) is 6.07 Å². The van der Waals surface area contributed by atoms with Crippen molar-refractivity contribution in [3.8, 4) is 23.0 Å². The second-order valence-corrected chi connectivity index (χ2v) is 5.28. The number of benzene rings is 3. The molecule has 25 heavy (non-hydrogen) atoms. The van der Waals surface area contributed by atoms with Gasteiger partial charge in [0.15, 0.2) is 0 Å². The standard InChI is InChI=1S/C19H16N2O4/c20-15-5-1-3-7-17(15)24-13-9-12(19(22)23)10-14(11-13)25-18-8-4-2-6-16(18)21/h1-11H,20-21H2,(H,22,23). The third kappa shape index (κ3) is 3.81. The topological polar surface area (TPSA) is 108 Å². The minimum Gasteiger partial charge on any atom is -0.478 e. The van der Waals surface area contributed by atoms with E-state index in [9.17, 15) is 9.90 Å². The van der Waals surface area contributed by atoms with E-state index in [4.69, 9.17) is 20.9 Å². The lowest BCUT2D eigenvalue weighted by Crippen LogP contribution is -1.99. The Morgan fingerprint density at radius 2 is 1.20 bits per heavy atom. The van der Waals surface area contributed by atoms with Crippen LogP contribution in [0.4, 0.5) is 11.4 Å². The Labute approximate surface area is 144 Å². The molecule has 3 aromatic rings. The molecule has 0 aliphatic carbocycles. The van der Waals surface area contributed by atoms with Gasteiger partial charge in [0.05, 0.1) is 16.9 Å².